The molecular weight excluding hydrogens is 210 g/mol. The van der Waals surface area contributed by atoms with Crippen molar-refractivity contribution < 1.29 is 5.11 Å². The van der Waals surface area contributed by atoms with Gasteiger partial charge in [0.15, 0.2) is 0 Å². The van der Waals surface area contributed by atoms with Gasteiger partial charge in [-0.05, 0) is 18.9 Å². The van der Waals surface area contributed by atoms with Crippen LogP contribution in [0.4, 0.5) is 0 Å². The van der Waals surface area contributed by atoms with Gasteiger partial charge in [-0.3, -0.25) is 0 Å². The number of unbranched alkanes of at least 4 members (excludes halogenated alkanes) is 8. The molecule has 0 bridgehead atoms. The van der Waals surface area contributed by atoms with Gasteiger partial charge in [-0.25, -0.2) is 0 Å². The summed E-state index contributed by atoms with van der Waals surface area (Å²) < 4.78 is 0. The number of β-amino-alcohol motifs (C(OH)–C–C–N with tert-alkyl or cyclic N) is 1. The lowest BCUT2D eigenvalue weighted by atomic mass is 10.1. The topological polar surface area (TPSA) is 32.3 Å². The summed E-state index contributed by atoms with van der Waals surface area (Å²) in [6.07, 6.45) is 15.2. The zero-order valence-corrected chi connectivity index (χ0v) is 11.4. The lowest BCUT2D eigenvalue weighted by Crippen LogP contribution is -2.14. The second kappa shape index (κ2) is 9.52. The third-order valence-corrected chi connectivity index (χ3v) is 3.48. The van der Waals surface area contributed by atoms with Crippen LogP contribution in [-0.4, -0.2) is 17.8 Å². The second-order valence-corrected chi connectivity index (χ2v) is 5.22. The van der Waals surface area contributed by atoms with Gasteiger partial charge in [0.05, 0.1) is 6.10 Å². The highest BCUT2D eigenvalue weighted by molar-refractivity contribution is 5.10. The Hall–Kier alpha value is -0.500. The SMILES string of the molecule is CCCCCCCCCCCC1=CC(O)CN1. The van der Waals surface area contributed by atoms with Crippen LogP contribution in [0.3, 0.4) is 0 Å². The molecule has 2 N–H and O–H groups in total. The summed E-state index contributed by atoms with van der Waals surface area (Å²) >= 11 is 0. The number of aliphatic hydroxyl groups is 1. The fourth-order valence-electron chi connectivity index (χ4n) is 2.38. The minimum absolute atomic E-state index is 0.247. The standard InChI is InChI=1S/C15H29NO/c1-2-3-4-5-6-7-8-9-10-11-14-12-15(17)13-16-14/h12,15-17H,2-11,13H2,1H3. The van der Waals surface area contributed by atoms with E-state index in [0.717, 1.165) is 6.42 Å². The average Bonchev–Trinajstić information content (AvgIpc) is 2.73. The molecule has 0 saturated carbocycles. The molecule has 0 amide bonds. The predicted octanol–water partition coefficient (Wildman–Crippen LogP) is 3.76. The third kappa shape index (κ3) is 7.43. The zero-order chi connectivity index (χ0) is 12.3. The molecule has 1 aliphatic rings. The number of aliphatic hydroxyl groups excluding tert-OH is 1. The van der Waals surface area contributed by atoms with E-state index >= 15 is 0 Å². The van der Waals surface area contributed by atoms with Crippen molar-refractivity contribution in [3.8, 4) is 0 Å². The van der Waals surface area contributed by atoms with Gasteiger partial charge < -0.3 is 10.4 Å². The van der Waals surface area contributed by atoms with E-state index in [1.165, 1.54) is 63.5 Å². The van der Waals surface area contributed by atoms with E-state index in [-0.39, 0.29) is 6.10 Å². The van der Waals surface area contributed by atoms with Gasteiger partial charge >= 0.3 is 0 Å². The fourth-order valence-corrected chi connectivity index (χ4v) is 2.38. The molecule has 0 radical (unpaired) electrons. The van der Waals surface area contributed by atoms with E-state index in [1.807, 2.05) is 6.08 Å². The molecule has 1 aliphatic heterocycles. The molecular formula is C15H29NO. The van der Waals surface area contributed by atoms with Crippen molar-refractivity contribution in [3.63, 3.8) is 0 Å². The molecule has 1 heterocycles. The lowest BCUT2D eigenvalue weighted by molar-refractivity contribution is 0.234. The number of nitrogens with one attached hydrogen (secondary N) is 1. The van der Waals surface area contributed by atoms with Crippen molar-refractivity contribution >= 4 is 0 Å². The van der Waals surface area contributed by atoms with E-state index in [4.69, 9.17) is 0 Å². The van der Waals surface area contributed by atoms with E-state index in [2.05, 4.69) is 12.2 Å². The van der Waals surface area contributed by atoms with Crippen molar-refractivity contribution in [2.45, 2.75) is 77.2 Å². The molecule has 0 fully saturated rings. The summed E-state index contributed by atoms with van der Waals surface area (Å²) in [6, 6.07) is 0. The maximum Gasteiger partial charge on any atom is 0.0912 e. The Labute approximate surface area is 106 Å². The molecule has 2 nitrogen and oxygen atoms in total. The molecule has 1 unspecified atom stereocenters. The van der Waals surface area contributed by atoms with Crippen LogP contribution in [-0.2, 0) is 0 Å². The summed E-state index contributed by atoms with van der Waals surface area (Å²) in [6.45, 7) is 2.98. The van der Waals surface area contributed by atoms with Gasteiger partial charge in [0, 0.05) is 12.2 Å². The van der Waals surface area contributed by atoms with Gasteiger partial charge in [-0.1, -0.05) is 58.3 Å². The van der Waals surface area contributed by atoms with Crippen LogP contribution in [0.1, 0.15) is 71.1 Å². The molecule has 2 heteroatoms. The lowest BCUT2D eigenvalue weighted by Gasteiger charge is -2.04. The Morgan fingerprint density at radius 1 is 1.06 bits per heavy atom. The minimum Gasteiger partial charge on any atom is -0.387 e. The molecule has 100 valence electrons. The van der Waals surface area contributed by atoms with Crippen LogP contribution in [0, 0.1) is 0 Å². The van der Waals surface area contributed by atoms with Crippen molar-refractivity contribution in [1.29, 1.82) is 0 Å². The van der Waals surface area contributed by atoms with E-state index in [9.17, 15) is 5.11 Å². The van der Waals surface area contributed by atoms with Crippen molar-refractivity contribution in [2.75, 3.05) is 6.54 Å². The Balaban J connectivity index is 1.80. The number of hydrogen-bond acceptors (Lipinski definition) is 2. The Morgan fingerprint density at radius 3 is 2.18 bits per heavy atom. The maximum atomic E-state index is 9.30. The Kier molecular flexibility index (Phi) is 8.16. The highest BCUT2D eigenvalue weighted by atomic mass is 16.3. The minimum atomic E-state index is -0.247. The first-order valence-electron chi connectivity index (χ1n) is 7.45. The molecule has 0 aromatic carbocycles. The summed E-state index contributed by atoms with van der Waals surface area (Å²) in [5.41, 5.74) is 1.25. The molecule has 0 aliphatic carbocycles. The monoisotopic (exact) mass is 239 g/mol. The molecule has 1 atom stereocenters. The molecule has 0 aromatic heterocycles. The van der Waals surface area contributed by atoms with Gasteiger partial charge in [0.1, 0.15) is 0 Å². The van der Waals surface area contributed by atoms with Crippen LogP contribution < -0.4 is 5.32 Å². The van der Waals surface area contributed by atoms with Gasteiger partial charge in [-0.15, -0.1) is 0 Å². The smallest absolute Gasteiger partial charge is 0.0912 e. The number of allylic oxidation sites excluding steroid dienone is 1. The summed E-state index contributed by atoms with van der Waals surface area (Å²) in [5.74, 6) is 0. The van der Waals surface area contributed by atoms with Crippen LogP contribution >= 0.6 is 0 Å². The fraction of sp³-hybridized carbons (Fsp3) is 0.867. The molecule has 0 aromatic rings. The maximum absolute atomic E-state index is 9.30. The molecule has 0 spiro atoms. The van der Waals surface area contributed by atoms with Gasteiger partial charge in [0.25, 0.3) is 0 Å². The quantitative estimate of drug-likeness (QED) is 0.569. The van der Waals surface area contributed by atoms with Crippen molar-refractivity contribution in [1.82, 2.24) is 5.32 Å². The zero-order valence-electron chi connectivity index (χ0n) is 11.4. The number of hydrogen-bond donors (Lipinski definition) is 2. The largest absolute Gasteiger partial charge is 0.387 e. The highest BCUT2D eigenvalue weighted by Crippen LogP contribution is 2.14. The van der Waals surface area contributed by atoms with Crippen LogP contribution in [0.2, 0.25) is 0 Å². The normalized spacial score (nSPS) is 19.2. The van der Waals surface area contributed by atoms with Crippen LogP contribution in [0.25, 0.3) is 0 Å². The summed E-state index contributed by atoms with van der Waals surface area (Å²) in [7, 11) is 0. The van der Waals surface area contributed by atoms with Gasteiger partial charge in [-0.2, -0.15) is 0 Å². The Bertz CT molecular complexity index is 213. The van der Waals surface area contributed by atoms with Crippen molar-refractivity contribution in [2.24, 2.45) is 0 Å². The first-order valence-corrected chi connectivity index (χ1v) is 7.45. The summed E-state index contributed by atoms with van der Waals surface area (Å²) in [4.78, 5) is 0. The first kappa shape index (κ1) is 14.6. The molecule has 17 heavy (non-hydrogen) atoms. The van der Waals surface area contributed by atoms with E-state index < -0.39 is 0 Å². The average molecular weight is 239 g/mol. The van der Waals surface area contributed by atoms with E-state index in [1.54, 1.807) is 0 Å². The third-order valence-electron chi connectivity index (χ3n) is 3.48. The molecule has 1 rings (SSSR count). The second-order valence-electron chi connectivity index (χ2n) is 5.22. The first-order chi connectivity index (χ1) is 8.33. The van der Waals surface area contributed by atoms with Crippen LogP contribution in [0.5, 0.6) is 0 Å². The summed E-state index contributed by atoms with van der Waals surface area (Å²) in [5, 5.41) is 12.5. The van der Waals surface area contributed by atoms with Gasteiger partial charge in [0.2, 0.25) is 0 Å². The predicted molar refractivity (Wildman–Crippen MR) is 73.9 cm³/mol. The molecule has 0 saturated heterocycles. The van der Waals surface area contributed by atoms with Crippen LogP contribution in [0.15, 0.2) is 11.8 Å². The Morgan fingerprint density at radius 2 is 1.65 bits per heavy atom. The highest BCUT2D eigenvalue weighted by Gasteiger charge is 2.10. The number of rotatable bonds is 10. The van der Waals surface area contributed by atoms with E-state index in [0.29, 0.717) is 6.54 Å². The van der Waals surface area contributed by atoms with Crippen molar-refractivity contribution in [3.05, 3.63) is 11.8 Å².